The first kappa shape index (κ1) is 24.8. The molecule has 1 aliphatic heterocycles. The molecule has 4 N–H and O–H groups in total. The van der Waals surface area contributed by atoms with Crippen LogP contribution in [0, 0.1) is 5.41 Å². The molecule has 0 bridgehead atoms. The summed E-state index contributed by atoms with van der Waals surface area (Å²) < 4.78 is 39.4. The van der Waals surface area contributed by atoms with Crippen molar-refractivity contribution in [1.82, 2.24) is 9.62 Å². The molecule has 35 heavy (non-hydrogen) atoms. The van der Waals surface area contributed by atoms with E-state index in [1.54, 1.807) is 35.2 Å². The van der Waals surface area contributed by atoms with E-state index in [2.05, 4.69) is 4.72 Å². The minimum absolute atomic E-state index is 0.00805. The van der Waals surface area contributed by atoms with Crippen molar-refractivity contribution in [2.24, 2.45) is 5.73 Å². The van der Waals surface area contributed by atoms with Crippen molar-refractivity contribution in [2.75, 3.05) is 20.8 Å². The second kappa shape index (κ2) is 9.73. The third-order valence-electron chi connectivity index (χ3n) is 5.91. The molecule has 4 rings (SSSR count). The highest BCUT2D eigenvalue weighted by atomic mass is 35.5. The van der Waals surface area contributed by atoms with Gasteiger partial charge in [-0.2, -0.15) is 4.72 Å². The Morgan fingerprint density at radius 3 is 2.66 bits per heavy atom. The van der Waals surface area contributed by atoms with E-state index in [1.807, 2.05) is 6.07 Å². The van der Waals surface area contributed by atoms with E-state index in [1.165, 1.54) is 26.4 Å². The Bertz CT molecular complexity index is 1430. The van der Waals surface area contributed by atoms with Crippen molar-refractivity contribution < 1.29 is 22.7 Å². The number of amidine groups is 1. The van der Waals surface area contributed by atoms with Crippen LogP contribution in [0.2, 0.25) is 5.02 Å². The van der Waals surface area contributed by atoms with E-state index in [0.717, 1.165) is 5.56 Å². The molecule has 0 unspecified atom stereocenters. The van der Waals surface area contributed by atoms with Crippen LogP contribution in [-0.2, 0) is 21.4 Å². The lowest BCUT2D eigenvalue weighted by atomic mass is 10.1. The smallest absolute Gasteiger partial charge is 0.241 e. The summed E-state index contributed by atoms with van der Waals surface area (Å²) in [5, 5.41) is 9.05. The number of nitrogens with one attached hydrogen (secondary N) is 2. The van der Waals surface area contributed by atoms with E-state index < -0.39 is 16.1 Å². The Balaban J connectivity index is 1.53. The summed E-state index contributed by atoms with van der Waals surface area (Å²) in [4.78, 5) is 14.5. The highest BCUT2D eigenvalue weighted by Crippen LogP contribution is 2.41. The zero-order chi connectivity index (χ0) is 25.3. The number of nitrogens with zero attached hydrogens (tertiary/aromatic N) is 1. The standard InChI is InChI=1S/C24H25ClN4O5S/c1-33-20-12-16-11-17(6-7-18(16)21(25)22(20)34-2)35(31,32)28-19-8-9-29(24(19)30)13-14-4-3-5-15(10-14)23(26)27/h3-7,10-12,19,28H,8-9,13H2,1-2H3,(H3,26,27)/t19-/m0/s1. The van der Waals surface area contributed by atoms with Crippen molar-refractivity contribution >= 4 is 44.1 Å². The Kier molecular flexibility index (Phi) is 6.88. The van der Waals surface area contributed by atoms with Crippen LogP contribution in [0.15, 0.2) is 53.4 Å². The summed E-state index contributed by atoms with van der Waals surface area (Å²) in [7, 11) is -1.05. The fourth-order valence-electron chi connectivity index (χ4n) is 4.12. The molecule has 3 aromatic rings. The molecule has 1 heterocycles. The zero-order valence-corrected chi connectivity index (χ0v) is 20.7. The predicted molar refractivity (Wildman–Crippen MR) is 134 cm³/mol. The number of hydrogen-bond acceptors (Lipinski definition) is 6. The number of carbonyl (C=O) groups is 1. The molecule has 1 saturated heterocycles. The molecule has 1 aliphatic rings. The van der Waals surface area contributed by atoms with Crippen LogP contribution in [0.4, 0.5) is 0 Å². The third kappa shape index (κ3) is 4.90. The Morgan fingerprint density at radius 2 is 1.97 bits per heavy atom. The van der Waals surface area contributed by atoms with E-state index in [4.69, 9.17) is 32.2 Å². The molecule has 9 nitrogen and oxygen atoms in total. The van der Waals surface area contributed by atoms with Crippen LogP contribution in [-0.4, -0.2) is 51.9 Å². The molecule has 1 amide bonds. The molecule has 11 heteroatoms. The summed E-state index contributed by atoms with van der Waals surface area (Å²) in [6.45, 7) is 0.703. The fraction of sp³-hybridized carbons (Fsp3) is 0.250. The van der Waals surface area contributed by atoms with Gasteiger partial charge in [0.05, 0.1) is 24.1 Å². The van der Waals surface area contributed by atoms with Crippen LogP contribution in [0.1, 0.15) is 17.5 Å². The van der Waals surface area contributed by atoms with Gasteiger partial charge in [0.15, 0.2) is 11.5 Å². The normalized spacial score (nSPS) is 16.0. The first-order valence-electron chi connectivity index (χ1n) is 10.7. The van der Waals surface area contributed by atoms with Crippen molar-refractivity contribution in [3.63, 3.8) is 0 Å². The number of fused-ring (bicyclic) bond motifs is 1. The van der Waals surface area contributed by atoms with Gasteiger partial charge in [-0.15, -0.1) is 0 Å². The molecule has 0 aromatic heterocycles. The molecule has 1 fully saturated rings. The van der Waals surface area contributed by atoms with Gasteiger partial charge in [0.1, 0.15) is 11.9 Å². The van der Waals surface area contributed by atoms with Crippen molar-refractivity contribution in [3.05, 3.63) is 64.7 Å². The lowest BCUT2D eigenvalue weighted by molar-refractivity contribution is -0.129. The molecular weight excluding hydrogens is 492 g/mol. The third-order valence-corrected chi connectivity index (χ3v) is 7.75. The second-order valence-corrected chi connectivity index (χ2v) is 10.2. The Hall–Kier alpha value is -3.34. The number of halogens is 1. The Morgan fingerprint density at radius 1 is 1.20 bits per heavy atom. The maximum Gasteiger partial charge on any atom is 0.241 e. The lowest BCUT2D eigenvalue weighted by Gasteiger charge is -2.18. The molecule has 1 atom stereocenters. The van der Waals surface area contributed by atoms with Gasteiger partial charge in [-0.05, 0) is 41.6 Å². The maximum atomic E-state index is 13.1. The molecule has 0 aliphatic carbocycles. The van der Waals surface area contributed by atoms with Crippen molar-refractivity contribution in [2.45, 2.75) is 23.9 Å². The van der Waals surface area contributed by atoms with Gasteiger partial charge in [-0.1, -0.05) is 35.9 Å². The number of carbonyl (C=O) groups excluding carboxylic acids is 1. The van der Waals surface area contributed by atoms with Gasteiger partial charge in [0.25, 0.3) is 0 Å². The molecule has 184 valence electrons. The number of nitrogen functional groups attached to an aromatic ring is 1. The summed E-state index contributed by atoms with van der Waals surface area (Å²) in [6, 6.07) is 12.4. The number of rotatable bonds is 8. The molecular formula is C24H25ClN4O5S. The molecule has 0 spiro atoms. The van der Waals surface area contributed by atoms with E-state index in [-0.39, 0.29) is 16.6 Å². The summed E-state index contributed by atoms with van der Waals surface area (Å²) in [5.41, 5.74) is 6.92. The first-order chi connectivity index (χ1) is 16.6. The van der Waals surface area contributed by atoms with E-state index >= 15 is 0 Å². The fourth-order valence-corrected chi connectivity index (χ4v) is 5.73. The summed E-state index contributed by atoms with van der Waals surface area (Å²) in [5.74, 6) is 0.374. The van der Waals surface area contributed by atoms with Gasteiger partial charge >= 0.3 is 0 Å². The lowest BCUT2D eigenvalue weighted by Crippen LogP contribution is -2.41. The topological polar surface area (TPSA) is 135 Å². The van der Waals surface area contributed by atoms with E-state index in [0.29, 0.717) is 52.4 Å². The maximum absolute atomic E-state index is 13.1. The number of sulfonamides is 1. The SMILES string of the molecule is COc1cc2cc(S(=O)(=O)N[C@H]3CCN(Cc4cccc(C(=N)N)c4)C3=O)ccc2c(Cl)c1OC. The van der Waals surface area contributed by atoms with Gasteiger partial charge in [-0.25, -0.2) is 8.42 Å². The monoisotopic (exact) mass is 516 g/mol. The zero-order valence-electron chi connectivity index (χ0n) is 19.2. The average molecular weight is 517 g/mol. The van der Waals surface area contributed by atoms with Gasteiger partial charge in [0, 0.05) is 24.0 Å². The average Bonchev–Trinajstić information content (AvgIpc) is 3.16. The minimum Gasteiger partial charge on any atom is -0.493 e. The van der Waals surface area contributed by atoms with Gasteiger partial charge in [-0.3, -0.25) is 10.2 Å². The molecule has 0 saturated carbocycles. The molecule has 0 radical (unpaired) electrons. The number of amides is 1. The van der Waals surface area contributed by atoms with Crippen LogP contribution in [0.3, 0.4) is 0 Å². The number of hydrogen-bond donors (Lipinski definition) is 3. The highest BCUT2D eigenvalue weighted by Gasteiger charge is 2.35. The first-order valence-corrected chi connectivity index (χ1v) is 12.6. The number of methoxy groups -OCH3 is 2. The number of ether oxygens (including phenoxy) is 2. The predicted octanol–water partition coefficient (Wildman–Crippen LogP) is 2.87. The van der Waals surface area contributed by atoms with Crippen LogP contribution >= 0.6 is 11.6 Å². The van der Waals surface area contributed by atoms with Crippen molar-refractivity contribution in [1.29, 1.82) is 5.41 Å². The van der Waals surface area contributed by atoms with Crippen molar-refractivity contribution in [3.8, 4) is 11.5 Å². The number of likely N-dealkylation sites (tertiary alicyclic amines) is 1. The van der Waals surface area contributed by atoms with Crippen LogP contribution in [0.25, 0.3) is 10.8 Å². The van der Waals surface area contributed by atoms with Gasteiger partial charge < -0.3 is 20.1 Å². The number of nitrogens with two attached hydrogens (primary N) is 1. The minimum atomic E-state index is -3.99. The quantitative estimate of drug-likeness (QED) is 0.311. The summed E-state index contributed by atoms with van der Waals surface area (Å²) >= 11 is 6.42. The number of benzene rings is 3. The van der Waals surface area contributed by atoms with Crippen LogP contribution < -0.4 is 19.9 Å². The Labute approximate surface area is 208 Å². The highest BCUT2D eigenvalue weighted by molar-refractivity contribution is 7.89. The molecule has 3 aromatic carbocycles. The van der Waals surface area contributed by atoms with Crippen LogP contribution in [0.5, 0.6) is 11.5 Å². The second-order valence-electron chi connectivity index (χ2n) is 8.15. The van der Waals surface area contributed by atoms with E-state index in [9.17, 15) is 13.2 Å². The van der Waals surface area contributed by atoms with Gasteiger partial charge in [0.2, 0.25) is 15.9 Å². The largest absolute Gasteiger partial charge is 0.493 e. The summed E-state index contributed by atoms with van der Waals surface area (Å²) in [6.07, 6.45) is 0.342.